The smallest absolute Gasteiger partial charge is 0.191 e. The van der Waals surface area contributed by atoms with E-state index in [1.165, 1.54) is 0 Å². The van der Waals surface area contributed by atoms with Gasteiger partial charge in [0.05, 0.1) is 12.7 Å². The zero-order valence-electron chi connectivity index (χ0n) is 12.6. The first kappa shape index (κ1) is 18.3. The topological polar surface area (TPSA) is 63.5 Å². The van der Waals surface area contributed by atoms with E-state index in [9.17, 15) is 0 Å². The van der Waals surface area contributed by atoms with Crippen LogP contribution >= 0.6 is 24.0 Å². The second kappa shape index (κ2) is 10.9. The highest BCUT2D eigenvalue weighted by Crippen LogP contribution is 2.04. The molecule has 2 rings (SSSR count). The van der Waals surface area contributed by atoms with Crippen molar-refractivity contribution in [2.45, 2.75) is 6.54 Å². The number of hydrogen-bond donors (Lipinski definition) is 2. The lowest BCUT2D eigenvalue weighted by molar-refractivity contribution is 0.320. The summed E-state index contributed by atoms with van der Waals surface area (Å²) in [4.78, 5) is 8.16. The zero-order chi connectivity index (χ0) is 14.8. The molecule has 22 heavy (non-hydrogen) atoms. The lowest BCUT2D eigenvalue weighted by Gasteiger charge is -2.12. The SMILES string of the molecule is CN=C(NCCOc1cccnc1)NCCn1cccc1.I. The molecule has 0 aliphatic carbocycles. The molecule has 0 saturated carbocycles. The molecule has 0 atom stereocenters. The monoisotopic (exact) mass is 415 g/mol. The van der Waals surface area contributed by atoms with Gasteiger partial charge in [0.15, 0.2) is 5.96 Å². The Morgan fingerprint density at radius 3 is 2.68 bits per heavy atom. The minimum atomic E-state index is 0. The van der Waals surface area contributed by atoms with Crippen molar-refractivity contribution < 1.29 is 4.74 Å². The fraction of sp³-hybridized carbons (Fsp3) is 0.333. The van der Waals surface area contributed by atoms with Crippen LogP contribution in [0.15, 0.2) is 54.0 Å². The Balaban J connectivity index is 0.00000242. The number of ether oxygens (including phenoxy) is 1. The molecule has 0 unspecified atom stereocenters. The van der Waals surface area contributed by atoms with Gasteiger partial charge < -0.3 is 19.9 Å². The molecule has 0 spiro atoms. The fourth-order valence-corrected chi connectivity index (χ4v) is 1.81. The molecular formula is C15H22IN5O. The number of nitrogens with zero attached hydrogens (tertiary/aromatic N) is 3. The van der Waals surface area contributed by atoms with Gasteiger partial charge in [-0.2, -0.15) is 0 Å². The highest BCUT2D eigenvalue weighted by atomic mass is 127. The van der Waals surface area contributed by atoms with Crippen molar-refractivity contribution in [3.63, 3.8) is 0 Å². The molecule has 2 heterocycles. The molecule has 0 radical (unpaired) electrons. The molecule has 0 aliphatic heterocycles. The molecule has 120 valence electrons. The van der Waals surface area contributed by atoms with Gasteiger partial charge in [-0.05, 0) is 24.3 Å². The second-order valence-electron chi connectivity index (χ2n) is 4.38. The Labute approximate surface area is 148 Å². The summed E-state index contributed by atoms with van der Waals surface area (Å²) in [6, 6.07) is 7.77. The molecule has 7 heteroatoms. The Kier molecular flexibility index (Phi) is 9.04. The number of aliphatic imine (C=N–C) groups is 1. The van der Waals surface area contributed by atoms with Crippen LogP contribution in [0.4, 0.5) is 0 Å². The average Bonchev–Trinajstić information content (AvgIpc) is 3.04. The molecular weight excluding hydrogens is 393 g/mol. The van der Waals surface area contributed by atoms with Crippen molar-refractivity contribution in [3.8, 4) is 5.75 Å². The Hall–Kier alpha value is -1.77. The first-order chi connectivity index (χ1) is 10.4. The van der Waals surface area contributed by atoms with E-state index in [0.29, 0.717) is 13.2 Å². The van der Waals surface area contributed by atoms with E-state index in [1.807, 2.05) is 36.7 Å². The third-order valence-corrected chi connectivity index (χ3v) is 2.85. The van der Waals surface area contributed by atoms with Gasteiger partial charge in [0.1, 0.15) is 12.4 Å². The summed E-state index contributed by atoms with van der Waals surface area (Å²) >= 11 is 0. The lowest BCUT2D eigenvalue weighted by Crippen LogP contribution is -2.40. The van der Waals surface area contributed by atoms with Crippen molar-refractivity contribution in [1.29, 1.82) is 0 Å². The highest BCUT2D eigenvalue weighted by molar-refractivity contribution is 14.0. The number of rotatable bonds is 7. The molecule has 0 aliphatic rings. The summed E-state index contributed by atoms with van der Waals surface area (Å²) in [6.07, 6.45) is 7.50. The minimum absolute atomic E-state index is 0. The van der Waals surface area contributed by atoms with Crippen LogP contribution in [-0.2, 0) is 6.54 Å². The number of aromatic nitrogens is 2. The average molecular weight is 415 g/mol. The zero-order valence-corrected chi connectivity index (χ0v) is 14.9. The predicted octanol–water partition coefficient (Wildman–Crippen LogP) is 1.75. The number of nitrogens with one attached hydrogen (secondary N) is 2. The largest absolute Gasteiger partial charge is 0.490 e. The van der Waals surface area contributed by atoms with E-state index < -0.39 is 0 Å². The minimum Gasteiger partial charge on any atom is -0.490 e. The summed E-state index contributed by atoms with van der Waals surface area (Å²) in [5, 5.41) is 6.46. The van der Waals surface area contributed by atoms with Crippen molar-refractivity contribution in [2.75, 3.05) is 26.7 Å². The molecule has 0 bridgehead atoms. The van der Waals surface area contributed by atoms with Crippen molar-refractivity contribution >= 4 is 29.9 Å². The quantitative estimate of drug-likeness (QED) is 0.313. The standard InChI is InChI=1S/C15H21N5O.HI/c1-16-15(18-7-11-20-9-2-3-10-20)19-8-12-21-14-5-4-6-17-13-14;/h2-6,9-10,13H,7-8,11-12H2,1H3,(H2,16,18,19);1H. The maximum atomic E-state index is 5.55. The Bertz CT molecular complexity index is 530. The molecule has 6 nitrogen and oxygen atoms in total. The molecule has 0 amide bonds. The van der Waals surface area contributed by atoms with Crippen molar-refractivity contribution in [2.24, 2.45) is 4.99 Å². The van der Waals surface area contributed by atoms with Crippen LogP contribution in [0.1, 0.15) is 0 Å². The van der Waals surface area contributed by atoms with E-state index in [2.05, 4.69) is 25.2 Å². The van der Waals surface area contributed by atoms with E-state index in [0.717, 1.165) is 24.8 Å². The van der Waals surface area contributed by atoms with E-state index in [-0.39, 0.29) is 24.0 Å². The Morgan fingerprint density at radius 1 is 1.23 bits per heavy atom. The van der Waals surface area contributed by atoms with Crippen molar-refractivity contribution in [1.82, 2.24) is 20.2 Å². The highest BCUT2D eigenvalue weighted by Gasteiger charge is 1.97. The van der Waals surface area contributed by atoms with E-state index in [1.54, 1.807) is 19.4 Å². The van der Waals surface area contributed by atoms with Gasteiger partial charge in [-0.25, -0.2) is 0 Å². The third kappa shape index (κ3) is 6.79. The van der Waals surface area contributed by atoms with Crippen LogP contribution in [0.25, 0.3) is 0 Å². The van der Waals surface area contributed by atoms with Gasteiger partial charge in [-0.15, -0.1) is 24.0 Å². The summed E-state index contributed by atoms with van der Waals surface area (Å²) in [6.45, 7) is 2.96. The number of hydrogen-bond acceptors (Lipinski definition) is 3. The Morgan fingerprint density at radius 2 is 2.00 bits per heavy atom. The van der Waals surface area contributed by atoms with Gasteiger partial charge in [-0.1, -0.05) is 0 Å². The van der Waals surface area contributed by atoms with Crippen LogP contribution in [0.5, 0.6) is 5.75 Å². The molecule has 2 N–H and O–H groups in total. The van der Waals surface area contributed by atoms with E-state index >= 15 is 0 Å². The van der Waals surface area contributed by atoms with Crippen LogP contribution in [0, 0.1) is 0 Å². The van der Waals surface area contributed by atoms with Crippen LogP contribution in [-0.4, -0.2) is 42.3 Å². The van der Waals surface area contributed by atoms with E-state index in [4.69, 9.17) is 4.74 Å². The van der Waals surface area contributed by atoms with Crippen molar-refractivity contribution in [3.05, 3.63) is 49.1 Å². The predicted molar refractivity (Wildman–Crippen MR) is 98.9 cm³/mol. The maximum Gasteiger partial charge on any atom is 0.191 e. The summed E-state index contributed by atoms with van der Waals surface area (Å²) in [7, 11) is 1.76. The van der Waals surface area contributed by atoms with Gasteiger partial charge in [0.25, 0.3) is 0 Å². The van der Waals surface area contributed by atoms with Crippen LogP contribution in [0.2, 0.25) is 0 Å². The number of halogens is 1. The molecule has 2 aromatic rings. The first-order valence-electron chi connectivity index (χ1n) is 6.96. The maximum absolute atomic E-state index is 5.55. The molecule has 0 aromatic carbocycles. The van der Waals surface area contributed by atoms with Gasteiger partial charge >= 0.3 is 0 Å². The molecule has 0 saturated heterocycles. The van der Waals surface area contributed by atoms with Gasteiger partial charge in [-0.3, -0.25) is 9.98 Å². The van der Waals surface area contributed by atoms with Crippen LogP contribution in [0.3, 0.4) is 0 Å². The second-order valence-corrected chi connectivity index (χ2v) is 4.38. The fourth-order valence-electron chi connectivity index (χ4n) is 1.81. The van der Waals surface area contributed by atoms with Gasteiger partial charge in [0.2, 0.25) is 0 Å². The first-order valence-corrected chi connectivity index (χ1v) is 6.96. The number of guanidine groups is 1. The number of pyridine rings is 1. The summed E-state index contributed by atoms with van der Waals surface area (Å²) < 4.78 is 7.67. The summed E-state index contributed by atoms with van der Waals surface area (Å²) in [5.41, 5.74) is 0. The molecule has 0 fully saturated rings. The van der Waals surface area contributed by atoms with Gasteiger partial charge in [0, 0.05) is 38.7 Å². The normalized spacial score (nSPS) is 10.7. The van der Waals surface area contributed by atoms with Crippen LogP contribution < -0.4 is 15.4 Å². The molecule has 2 aromatic heterocycles. The lowest BCUT2D eigenvalue weighted by atomic mass is 10.5. The summed E-state index contributed by atoms with van der Waals surface area (Å²) in [5.74, 6) is 1.55. The third-order valence-electron chi connectivity index (χ3n) is 2.85.